The highest BCUT2D eigenvalue weighted by Crippen LogP contribution is 2.43. The van der Waals surface area contributed by atoms with Gasteiger partial charge in [-0.1, -0.05) is 13.8 Å². The molecule has 2 nitrogen and oxygen atoms in total. The molecule has 0 aromatic rings. The van der Waals surface area contributed by atoms with Gasteiger partial charge in [-0.15, -0.1) is 0 Å². The number of ether oxygens (including phenoxy) is 1. The molecule has 0 aromatic heterocycles. The summed E-state index contributed by atoms with van der Waals surface area (Å²) in [5.41, 5.74) is 0.750. The van der Waals surface area contributed by atoms with E-state index in [9.17, 15) is 0 Å². The molecule has 0 amide bonds. The summed E-state index contributed by atoms with van der Waals surface area (Å²) < 4.78 is 3.74. The number of hydrogen-bond acceptors (Lipinski definition) is 2. The fourth-order valence-corrected chi connectivity index (χ4v) is 0.250. The lowest BCUT2D eigenvalue weighted by Crippen LogP contribution is -1.75. The van der Waals surface area contributed by atoms with E-state index in [2.05, 4.69) is 18.6 Å². The molecule has 0 saturated heterocycles. The Morgan fingerprint density at radius 1 is 1.44 bits per heavy atom. The van der Waals surface area contributed by atoms with Gasteiger partial charge in [0, 0.05) is 0 Å². The normalized spacial score (nSPS) is 19.0. The molecule has 53 valence electrons. The maximum absolute atomic E-state index is 8.83. The topological polar surface area (TPSA) is 26.3 Å². The number of hydrogen-bond donors (Lipinski definition) is 0. The third-order valence-corrected chi connectivity index (χ3v) is 1.33. The summed E-state index contributed by atoms with van der Waals surface area (Å²) in [6, 6.07) is 0. The van der Waals surface area contributed by atoms with E-state index in [1.165, 1.54) is 26.4 Å². The van der Waals surface area contributed by atoms with Crippen LogP contribution in [-0.4, -0.2) is 13.6 Å². The smallest absolute Gasteiger partial charge is 0.417 e. The van der Waals surface area contributed by atoms with Crippen LogP contribution in [0.1, 0.15) is 26.7 Å². The molecule has 1 aliphatic carbocycles. The average molecular weight is 129 g/mol. The second-order valence-corrected chi connectivity index (χ2v) is 2.95. The summed E-state index contributed by atoms with van der Waals surface area (Å²) in [6.45, 7) is 5.78. The second kappa shape index (κ2) is 3.49. The van der Waals surface area contributed by atoms with Crippen molar-refractivity contribution in [2.45, 2.75) is 26.7 Å². The Labute approximate surface area is 56.2 Å². The van der Waals surface area contributed by atoms with Crippen LogP contribution >= 0.6 is 0 Å². The first kappa shape index (κ1) is 8.47. The number of rotatable bonds is 1. The van der Waals surface area contributed by atoms with Crippen molar-refractivity contribution in [1.82, 2.24) is 0 Å². The average Bonchev–Trinajstić information content (AvgIpc) is 2.47. The van der Waals surface area contributed by atoms with E-state index in [4.69, 9.17) is 4.79 Å². The predicted octanol–water partition coefficient (Wildman–Crippen LogP) is 1.51. The van der Waals surface area contributed by atoms with E-state index in [0.717, 1.165) is 5.41 Å². The lowest BCUT2D eigenvalue weighted by molar-refractivity contribution is 0.353. The van der Waals surface area contributed by atoms with E-state index in [1.54, 1.807) is 0 Å². The minimum Gasteiger partial charge on any atom is -0.461 e. The Morgan fingerprint density at radius 3 is 1.67 bits per heavy atom. The van der Waals surface area contributed by atoms with Crippen molar-refractivity contribution in [3.05, 3.63) is 0 Å². The van der Waals surface area contributed by atoms with Gasteiger partial charge in [-0.2, -0.15) is 0 Å². The molecule has 1 radical (unpaired) electrons. The zero-order valence-electron chi connectivity index (χ0n) is 6.23. The van der Waals surface area contributed by atoms with E-state index < -0.39 is 0 Å². The van der Waals surface area contributed by atoms with Gasteiger partial charge >= 0.3 is 6.47 Å². The molecule has 0 aromatic carbocycles. The Morgan fingerprint density at radius 2 is 1.67 bits per heavy atom. The first-order chi connectivity index (χ1) is 4.12. The molecule has 1 rings (SSSR count). The molecule has 2 heteroatoms. The molecular formula is C7H13O2. The van der Waals surface area contributed by atoms with Crippen molar-refractivity contribution in [2.75, 3.05) is 7.11 Å². The van der Waals surface area contributed by atoms with Gasteiger partial charge in [-0.25, -0.2) is 4.79 Å². The largest absolute Gasteiger partial charge is 0.461 e. The highest BCUT2D eigenvalue weighted by molar-refractivity contribution is 5.37. The predicted molar refractivity (Wildman–Crippen MR) is 35.7 cm³/mol. The van der Waals surface area contributed by atoms with Gasteiger partial charge < -0.3 is 4.74 Å². The molecule has 0 heterocycles. The maximum atomic E-state index is 8.83. The maximum Gasteiger partial charge on any atom is 0.417 e. The molecule has 0 N–H and O–H groups in total. The number of carbonyl (C=O) groups excluding carboxylic acids is 1. The Bertz CT molecular complexity index is 80.9. The molecule has 1 fully saturated rings. The van der Waals surface area contributed by atoms with Gasteiger partial charge in [0.1, 0.15) is 0 Å². The van der Waals surface area contributed by atoms with Crippen molar-refractivity contribution in [2.24, 2.45) is 5.41 Å². The Balaban J connectivity index is 0.000000148. The van der Waals surface area contributed by atoms with Crippen LogP contribution in [0.5, 0.6) is 0 Å². The first-order valence-electron chi connectivity index (χ1n) is 3.02. The zero-order valence-corrected chi connectivity index (χ0v) is 6.23. The van der Waals surface area contributed by atoms with Crippen LogP contribution in [0.4, 0.5) is 0 Å². The van der Waals surface area contributed by atoms with E-state index >= 15 is 0 Å². The molecule has 0 bridgehead atoms. The fraction of sp³-hybridized carbons (Fsp3) is 0.857. The SMILES string of the molecule is CC1(C)CC1.CO[C]=O. The van der Waals surface area contributed by atoms with Crippen molar-refractivity contribution in [3.8, 4) is 0 Å². The van der Waals surface area contributed by atoms with Crippen LogP contribution in [0, 0.1) is 5.41 Å². The lowest BCUT2D eigenvalue weighted by Gasteiger charge is -1.86. The molecule has 0 atom stereocenters. The minimum absolute atomic E-state index is 0.750. The van der Waals surface area contributed by atoms with Gasteiger partial charge in [-0.05, 0) is 18.3 Å². The van der Waals surface area contributed by atoms with Crippen LogP contribution in [-0.2, 0) is 9.53 Å². The highest BCUT2D eigenvalue weighted by atomic mass is 16.5. The van der Waals surface area contributed by atoms with Gasteiger partial charge in [0.2, 0.25) is 0 Å². The van der Waals surface area contributed by atoms with Crippen molar-refractivity contribution in [3.63, 3.8) is 0 Å². The van der Waals surface area contributed by atoms with Crippen LogP contribution in [0.25, 0.3) is 0 Å². The van der Waals surface area contributed by atoms with Crippen LogP contribution in [0.15, 0.2) is 0 Å². The van der Waals surface area contributed by atoms with Gasteiger partial charge in [0.15, 0.2) is 0 Å². The Kier molecular flexibility index (Phi) is 3.28. The monoisotopic (exact) mass is 129 g/mol. The Hall–Kier alpha value is -0.530. The van der Waals surface area contributed by atoms with Crippen molar-refractivity contribution >= 4 is 6.47 Å². The summed E-state index contributed by atoms with van der Waals surface area (Å²) in [6.07, 6.45) is 2.90. The van der Waals surface area contributed by atoms with E-state index in [0.29, 0.717) is 0 Å². The second-order valence-electron chi connectivity index (χ2n) is 2.95. The van der Waals surface area contributed by atoms with E-state index in [1.807, 2.05) is 0 Å². The minimum atomic E-state index is 0.750. The van der Waals surface area contributed by atoms with Crippen LogP contribution < -0.4 is 0 Å². The van der Waals surface area contributed by atoms with Gasteiger partial charge in [-0.3, -0.25) is 0 Å². The third-order valence-electron chi connectivity index (χ3n) is 1.33. The molecule has 0 spiro atoms. The zero-order chi connectivity index (χ0) is 7.33. The highest BCUT2D eigenvalue weighted by Gasteiger charge is 2.30. The first-order valence-corrected chi connectivity index (χ1v) is 3.02. The summed E-state index contributed by atoms with van der Waals surface area (Å²) in [4.78, 5) is 8.83. The van der Waals surface area contributed by atoms with E-state index in [-0.39, 0.29) is 0 Å². The summed E-state index contributed by atoms with van der Waals surface area (Å²) >= 11 is 0. The molecular weight excluding hydrogens is 116 g/mol. The lowest BCUT2D eigenvalue weighted by atomic mass is 10.2. The van der Waals surface area contributed by atoms with Crippen LogP contribution in [0.3, 0.4) is 0 Å². The summed E-state index contributed by atoms with van der Waals surface area (Å²) in [5, 5.41) is 0. The third kappa shape index (κ3) is 7.47. The van der Waals surface area contributed by atoms with Gasteiger partial charge in [0.05, 0.1) is 7.11 Å². The molecule has 1 saturated carbocycles. The summed E-state index contributed by atoms with van der Waals surface area (Å²) in [5.74, 6) is 0. The standard InChI is InChI=1S/C5H10.C2H3O2/c1-5(2)3-4-5;1-4-2-3/h3-4H2,1-2H3;1H3. The van der Waals surface area contributed by atoms with Crippen LogP contribution in [0.2, 0.25) is 0 Å². The molecule has 0 aliphatic heterocycles. The number of methoxy groups -OCH3 is 1. The van der Waals surface area contributed by atoms with Crippen molar-refractivity contribution in [1.29, 1.82) is 0 Å². The summed E-state index contributed by atoms with van der Waals surface area (Å²) in [7, 11) is 1.26. The quantitative estimate of drug-likeness (QED) is 0.536. The van der Waals surface area contributed by atoms with Gasteiger partial charge in [0.25, 0.3) is 0 Å². The van der Waals surface area contributed by atoms with Crippen molar-refractivity contribution < 1.29 is 9.53 Å². The molecule has 9 heavy (non-hydrogen) atoms. The molecule has 1 aliphatic rings. The fourth-order valence-electron chi connectivity index (χ4n) is 0.250. The molecule has 0 unspecified atom stereocenters.